The summed E-state index contributed by atoms with van der Waals surface area (Å²) >= 11 is 0. The monoisotopic (exact) mass is 608 g/mol. The number of primary amides is 1. The molecule has 7 rings (SSSR count). The van der Waals surface area contributed by atoms with Crippen molar-refractivity contribution in [3.8, 4) is 5.75 Å². The van der Waals surface area contributed by atoms with Crippen molar-refractivity contribution < 1.29 is 33.5 Å². The number of rotatable bonds is 4. The summed E-state index contributed by atoms with van der Waals surface area (Å²) in [7, 11) is 0. The fourth-order valence-electron chi connectivity index (χ4n) is 8.04. The Morgan fingerprint density at radius 1 is 0.956 bits per heavy atom. The molecule has 0 bridgehead atoms. The lowest BCUT2D eigenvalue weighted by Crippen LogP contribution is -2.53. The van der Waals surface area contributed by atoms with Crippen molar-refractivity contribution in [3.63, 3.8) is 0 Å². The number of imide groups is 4. The van der Waals surface area contributed by atoms with Crippen molar-refractivity contribution in [1.82, 2.24) is 9.91 Å². The largest absolute Gasteiger partial charge is 0.505 e. The van der Waals surface area contributed by atoms with Gasteiger partial charge >= 0.3 is 6.03 Å². The van der Waals surface area contributed by atoms with Crippen LogP contribution in [0.3, 0.4) is 0 Å². The maximum atomic E-state index is 15.1. The zero-order valence-corrected chi connectivity index (χ0v) is 24.1. The lowest BCUT2D eigenvalue weighted by atomic mass is 9.49. The molecule has 0 radical (unpaired) electrons. The van der Waals surface area contributed by atoms with E-state index in [1.54, 1.807) is 48.5 Å². The number of carbonyl (C=O) groups excluding carboxylic acids is 5. The van der Waals surface area contributed by atoms with Crippen molar-refractivity contribution in [1.29, 1.82) is 0 Å². The smallest absolute Gasteiger partial charge is 0.328 e. The number of aryl methyl sites for hydroxylation is 1. The number of halogens is 1. The molecule has 2 heterocycles. The minimum Gasteiger partial charge on any atom is -0.505 e. The van der Waals surface area contributed by atoms with Crippen LogP contribution in [0.2, 0.25) is 0 Å². The van der Waals surface area contributed by atoms with Gasteiger partial charge in [0.1, 0.15) is 0 Å². The van der Waals surface area contributed by atoms with Gasteiger partial charge in [-0.1, -0.05) is 65.7 Å². The van der Waals surface area contributed by atoms with Crippen LogP contribution in [-0.2, 0) is 24.6 Å². The lowest BCUT2D eigenvalue weighted by Gasteiger charge is -2.50. The maximum absolute atomic E-state index is 15.1. The number of nitrogens with zero attached hydrogens (tertiary/aromatic N) is 2. The molecule has 10 nitrogen and oxygen atoms in total. The van der Waals surface area contributed by atoms with E-state index in [4.69, 9.17) is 5.73 Å². The van der Waals surface area contributed by atoms with E-state index in [9.17, 15) is 29.1 Å². The second-order valence-electron chi connectivity index (χ2n) is 12.2. The number of likely N-dealkylation sites (tertiary alicyclic amines) is 1. The van der Waals surface area contributed by atoms with Crippen LogP contribution in [0.5, 0.6) is 5.75 Å². The van der Waals surface area contributed by atoms with Gasteiger partial charge in [0.15, 0.2) is 11.6 Å². The first-order chi connectivity index (χ1) is 21.5. The van der Waals surface area contributed by atoms with Crippen molar-refractivity contribution in [2.75, 3.05) is 5.43 Å². The van der Waals surface area contributed by atoms with E-state index in [1.165, 1.54) is 12.1 Å². The summed E-state index contributed by atoms with van der Waals surface area (Å²) < 4.78 is 15.1. The molecule has 0 aromatic heterocycles. The molecule has 45 heavy (non-hydrogen) atoms. The zero-order valence-electron chi connectivity index (χ0n) is 24.1. The average molecular weight is 609 g/mol. The van der Waals surface area contributed by atoms with Crippen LogP contribution in [0.15, 0.2) is 84.4 Å². The van der Waals surface area contributed by atoms with Gasteiger partial charge in [-0.2, -0.15) is 9.91 Å². The number of phenolic OH excluding ortho intramolecular Hbond substituents is 1. The van der Waals surface area contributed by atoms with E-state index >= 15 is 4.39 Å². The molecule has 3 fully saturated rings. The van der Waals surface area contributed by atoms with Crippen molar-refractivity contribution in [2.45, 2.75) is 31.1 Å². The van der Waals surface area contributed by atoms with Crippen LogP contribution in [0.4, 0.5) is 14.9 Å². The Kier molecular flexibility index (Phi) is 6.40. The van der Waals surface area contributed by atoms with Crippen molar-refractivity contribution >= 4 is 35.3 Å². The van der Waals surface area contributed by atoms with E-state index in [-0.39, 0.29) is 12.8 Å². The third-order valence-corrected chi connectivity index (χ3v) is 9.92. The number of fused-ring (bicyclic) bond motifs is 4. The molecule has 2 aliphatic carbocycles. The normalized spacial score (nSPS) is 28.8. The van der Waals surface area contributed by atoms with E-state index < -0.39 is 76.2 Å². The molecule has 2 saturated heterocycles. The standard InChI is InChI=1S/C34H29FN4O6/c1-17-7-10-20(11-8-17)37-39-30(42)24-16-23-21(12-13-22-27(23)31(43)38(29(22)41)33(36)45)28(18-9-14-26(40)25(35)15-18)34(24,32(39)44)19-5-3-2-4-6-19/h2-12,14-15,22-24,27-28,37,40H,13,16H2,1H3,(H2,36,45). The number of amides is 6. The Bertz CT molecular complexity index is 1830. The first kappa shape index (κ1) is 28.5. The highest BCUT2D eigenvalue weighted by Gasteiger charge is 2.70. The van der Waals surface area contributed by atoms with Gasteiger partial charge in [-0.3, -0.25) is 24.6 Å². The van der Waals surface area contributed by atoms with Gasteiger partial charge in [0.05, 0.1) is 28.9 Å². The van der Waals surface area contributed by atoms with Crippen molar-refractivity contribution in [2.24, 2.45) is 29.4 Å². The number of allylic oxidation sites excluding steroid dienone is 2. The van der Waals surface area contributed by atoms with Gasteiger partial charge in [0.25, 0.3) is 11.8 Å². The van der Waals surface area contributed by atoms with Gasteiger partial charge in [-0.15, -0.1) is 0 Å². The lowest BCUT2D eigenvalue weighted by molar-refractivity contribution is -0.139. The Balaban J connectivity index is 1.46. The molecule has 2 aliphatic heterocycles. The van der Waals surface area contributed by atoms with Gasteiger partial charge in [0.2, 0.25) is 11.8 Å². The van der Waals surface area contributed by atoms with E-state index in [0.29, 0.717) is 27.3 Å². The number of hydrogen-bond acceptors (Lipinski definition) is 7. The number of urea groups is 1. The number of anilines is 1. The van der Waals surface area contributed by atoms with Crippen LogP contribution in [0.1, 0.15) is 35.4 Å². The number of phenols is 1. The number of benzene rings is 3. The Morgan fingerprint density at radius 3 is 2.33 bits per heavy atom. The molecule has 11 heteroatoms. The third-order valence-electron chi connectivity index (χ3n) is 9.92. The first-order valence-electron chi connectivity index (χ1n) is 14.7. The quantitative estimate of drug-likeness (QED) is 0.300. The highest BCUT2D eigenvalue weighted by atomic mass is 19.1. The summed E-state index contributed by atoms with van der Waals surface area (Å²) in [5, 5.41) is 11.1. The molecular weight excluding hydrogens is 579 g/mol. The molecular formula is C34H29FN4O6. The summed E-state index contributed by atoms with van der Waals surface area (Å²) in [6.45, 7) is 1.91. The molecule has 6 amide bonds. The van der Waals surface area contributed by atoms with Gasteiger partial charge in [-0.05, 0) is 61.1 Å². The number of aromatic hydroxyl groups is 1. The Hall–Kier alpha value is -5.32. The number of carbonyl (C=O) groups is 5. The second kappa shape index (κ2) is 10.1. The number of hydrazine groups is 1. The molecule has 6 unspecified atom stereocenters. The number of hydrogen-bond donors (Lipinski definition) is 3. The summed E-state index contributed by atoms with van der Waals surface area (Å²) in [6, 6.07) is 18.6. The van der Waals surface area contributed by atoms with Gasteiger partial charge in [-0.25, -0.2) is 9.18 Å². The maximum Gasteiger partial charge on any atom is 0.328 e. The van der Waals surface area contributed by atoms with Crippen LogP contribution < -0.4 is 11.2 Å². The minimum atomic E-state index is -1.58. The van der Waals surface area contributed by atoms with E-state index in [1.807, 2.05) is 19.1 Å². The Labute approximate surface area is 257 Å². The highest BCUT2D eigenvalue weighted by molar-refractivity contribution is 6.17. The minimum absolute atomic E-state index is 0.0151. The first-order valence-corrected chi connectivity index (χ1v) is 14.7. The van der Waals surface area contributed by atoms with Crippen molar-refractivity contribution in [3.05, 3.63) is 107 Å². The fraction of sp³-hybridized carbons (Fsp3) is 0.265. The summed E-state index contributed by atoms with van der Waals surface area (Å²) in [5.74, 6) is -8.65. The van der Waals surface area contributed by atoms with Crippen LogP contribution in [0, 0.1) is 36.4 Å². The predicted molar refractivity (Wildman–Crippen MR) is 158 cm³/mol. The van der Waals surface area contributed by atoms with Gasteiger partial charge < -0.3 is 10.8 Å². The number of nitrogens with two attached hydrogens (primary N) is 1. The van der Waals surface area contributed by atoms with Gasteiger partial charge in [0, 0.05) is 5.92 Å². The predicted octanol–water partition coefficient (Wildman–Crippen LogP) is 3.90. The van der Waals surface area contributed by atoms with E-state index in [2.05, 4.69) is 5.43 Å². The highest BCUT2D eigenvalue weighted by Crippen LogP contribution is 2.64. The van der Waals surface area contributed by atoms with Crippen LogP contribution in [-0.4, -0.2) is 44.7 Å². The Morgan fingerprint density at radius 2 is 1.67 bits per heavy atom. The zero-order chi connectivity index (χ0) is 31.8. The van der Waals surface area contributed by atoms with Crippen LogP contribution in [0.25, 0.3) is 0 Å². The molecule has 3 aromatic carbocycles. The number of nitrogens with one attached hydrogen (secondary N) is 1. The summed E-state index contributed by atoms with van der Waals surface area (Å²) in [4.78, 5) is 68.8. The molecule has 4 aliphatic rings. The average Bonchev–Trinajstić information content (AvgIpc) is 3.41. The molecule has 0 spiro atoms. The second-order valence-corrected chi connectivity index (χ2v) is 12.2. The molecule has 4 N–H and O–H groups in total. The fourth-order valence-corrected chi connectivity index (χ4v) is 8.04. The molecule has 6 atom stereocenters. The summed E-state index contributed by atoms with van der Waals surface area (Å²) in [6.07, 6.45) is 1.89. The third kappa shape index (κ3) is 3.96. The molecule has 1 saturated carbocycles. The molecule has 3 aromatic rings. The van der Waals surface area contributed by atoms with E-state index in [0.717, 1.165) is 16.6 Å². The topological polar surface area (TPSA) is 150 Å². The SMILES string of the molecule is Cc1ccc(NN2C(=O)C3CC4C(=CCC5C(=O)N(C(N)=O)C(=O)C54)C(c4ccc(O)c(F)c4)C3(c3ccccc3)C2=O)cc1. The van der Waals surface area contributed by atoms with Crippen LogP contribution >= 0.6 is 0 Å². The summed E-state index contributed by atoms with van der Waals surface area (Å²) in [5.41, 5.74) is 9.74. The molecule has 228 valence electrons.